The fourth-order valence-electron chi connectivity index (χ4n) is 3.79. The van der Waals surface area contributed by atoms with Crippen molar-refractivity contribution in [1.82, 2.24) is 0 Å². The third-order valence-electron chi connectivity index (χ3n) is 5.61. The zero-order valence-electron chi connectivity index (χ0n) is 18.8. The van der Waals surface area contributed by atoms with Gasteiger partial charge in [-0.3, -0.25) is 0 Å². The molecular formula is C25H42O3Zn. The Morgan fingerprint density at radius 3 is 1.55 bits per heavy atom. The summed E-state index contributed by atoms with van der Waals surface area (Å²) in [5.74, 6) is -1.21. The van der Waals surface area contributed by atoms with Crippen molar-refractivity contribution in [2.75, 3.05) is 0 Å². The zero-order chi connectivity index (χ0) is 20.5. The van der Waals surface area contributed by atoms with E-state index in [1.807, 2.05) is 6.07 Å². The second kappa shape index (κ2) is 19.1. The van der Waals surface area contributed by atoms with E-state index in [4.69, 9.17) is 5.11 Å². The average Bonchev–Trinajstić information content (AvgIpc) is 2.68. The Morgan fingerprint density at radius 2 is 1.14 bits per heavy atom. The van der Waals surface area contributed by atoms with Gasteiger partial charge in [0.1, 0.15) is 11.3 Å². The Morgan fingerprint density at radius 1 is 0.724 bits per heavy atom. The van der Waals surface area contributed by atoms with Crippen LogP contribution in [0.1, 0.15) is 126 Å². The Kier molecular flexibility index (Phi) is 18.5. The molecule has 1 rings (SSSR count). The van der Waals surface area contributed by atoms with Crippen LogP contribution in [0.5, 0.6) is 5.75 Å². The van der Waals surface area contributed by atoms with Gasteiger partial charge in [0.2, 0.25) is 0 Å². The molecule has 0 saturated carbocycles. The van der Waals surface area contributed by atoms with Gasteiger partial charge in [-0.2, -0.15) is 0 Å². The molecule has 1 aromatic rings. The molecule has 0 unspecified atom stereocenters. The minimum absolute atomic E-state index is 0. The number of phenols is 1. The number of carbonyl (C=O) groups is 1. The maximum Gasteiger partial charge on any atom is 0.339 e. The van der Waals surface area contributed by atoms with Gasteiger partial charge in [0.25, 0.3) is 0 Å². The molecule has 0 atom stereocenters. The molecule has 0 aliphatic rings. The molecule has 0 aromatic heterocycles. The van der Waals surface area contributed by atoms with E-state index in [2.05, 4.69) is 6.92 Å². The number of carboxylic acid groups (broad SMARTS) is 1. The van der Waals surface area contributed by atoms with Crippen molar-refractivity contribution in [3.63, 3.8) is 0 Å². The monoisotopic (exact) mass is 454 g/mol. The molecule has 0 aliphatic carbocycles. The van der Waals surface area contributed by atoms with E-state index in [9.17, 15) is 9.90 Å². The van der Waals surface area contributed by atoms with Crippen LogP contribution in [-0.2, 0) is 25.9 Å². The van der Waals surface area contributed by atoms with Crippen LogP contribution in [0, 0.1) is 0 Å². The van der Waals surface area contributed by atoms with Crippen LogP contribution in [0.2, 0.25) is 0 Å². The molecule has 1 aromatic carbocycles. The summed E-state index contributed by atoms with van der Waals surface area (Å²) in [6, 6.07) is 4.92. The van der Waals surface area contributed by atoms with Crippen molar-refractivity contribution < 1.29 is 34.5 Å². The fourth-order valence-corrected chi connectivity index (χ4v) is 3.79. The molecule has 0 spiro atoms. The van der Waals surface area contributed by atoms with Crippen LogP contribution in [0.3, 0.4) is 0 Å². The van der Waals surface area contributed by atoms with Gasteiger partial charge in [0.05, 0.1) is 0 Å². The first-order valence-corrected chi connectivity index (χ1v) is 11.7. The van der Waals surface area contributed by atoms with Gasteiger partial charge in [-0.15, -0.1) is 0 Å². The van der Waals surface area contributed by atoms with E-state index in [1.165, 1.54) is 102 Å². The molecule has 162 valence electrons. The van der Waals surface area contributed by atoms with Crippen molar-refractivity contribution in [2.24, 2.45) is 0 Å². The molecule has 0 fully saturated rings. The van der Waals surface area contributed by atoms with Crippen LogP contribution in [0.4, 0.5) is 0 Å². The number of aromatic hydroxyl groups is 1. The first kappa shape index (κ1) is 28.1. The topological polar surface area (TPSA) is 57.5 Å². The largest absolute Gasteiger partial charge is 0.507 e. The minimum Gasteiger partial charge on any atom is -0.507 e. The Hall–Kier alpha value is -0.887. The molecule has 0 bridgehead atoms. The van der Waals surface area contributed by atoms with Gasteiger partial charge in [-0.05, 0) is 30.5 Å². The Balaban J connectivity index is 0.00000784. The number of hydrogen-bond donors (Lipinski definition) is 2. The van der Waals surface area contributed by atoms with Crippen LogP contribution >= 0.6 is 0 Å². The standard InChI is InChI=1S/C25H42O3.Zn/c1-2-3-4-5-6-7-8-9-10-11-12-13-14-15-16-17-18-22-19-20-24(26)23(21-22)25(27)28;/h19-21,26H,2-18H2,1H3,(H,27,28);. The van der Waals surface area contributed by atoms with Crippen LogP contribution in [0.25, 0.3) is 0 Å². The minimum atomic E-state index is -1.06. The number of rotatable bonds is 18. The third-order valence-corrected chi connectivity index (χ3v) is 5.61. The summed E-state index contributed by atoms with van der Waals surface area (Å²) in [5, 5.41) is 18.6. The molecule has 3 nitrogen and oxygen atoms in total. The van der Waals surface area contributed by atoms with Gasteiger partial charge >= 0.3 is 5.97 Å². The van der Waals surface area contributed by atoms with Gasteiger partial charge in [0, 0.05) is 19.5 Å². The van der Waals surface area contributed by atoms with Gasteiger partial charge in [-0.25, -0.2) is 4.79 Å². The van der Waals surface area contributed by atoms with Crippen molar-refractivity contribution >= 4 is 5.97 Å². The average molecular weight is 456 g/mol. The van der Waals surface area contributed by atoms with Crippen LogP contribution in [0.15, 0.2) is 18.2 Å². The van der Waals surface area contributed by atoms with E-state index in [0.717, 1.165) is 18.4 Å². The van der Waals surface area contributed by atoms with E-state index < -0.39 is 5.97 Å². The fraction of sp³-hybridized carbons (Fsp3) is 0.720. The summed E-state index contributed by atoms with van der Waals surface area (Å²) in [5.41, 5.74) is 1.01. The second-order valence-corrected chi connectivity index (χ2v) is 8.21. The molecule has 0 saturated heterocycles. The van der Waals surface area contributed by atoms with Crippen molar-refractivity contribution in [3.05, 3.63) is 29.3 Å². The Labute approximate surface area is 191 Å². The molecule has 29 heavy (non-hydrogen) atoms. The summed E-state index contributed by atoms with van der Waals surface area (Å²) in [6.45, 7) is 2.27. The first-order valence-electron chi connectivity index (χ1n) is 11.7. The summed E-state index contributed by atoms with van der Waals surface area (Å²) < 4.78 is 0. The second-order valence-electron chi connectivity index (χ2n) is 8.21. The molecule has 4 heteroatoms. The van der Waals surface area contributed by atoms with E-state index >= 15 is 0 Å². The van der Waals surface area contributed by atoms with Gasteiger partial charge in [-0.1, -0.05) is 109 Å². The van der Waals surface area contributed by atoms with E-state index in [0.29, 0.717) is 0 Å². The number of aryl methyl sites for hydroxylation is 1. The quantitative estimate of drug-likeness (QED) is 0.175. The molecule has 0 amide bonds. The molecule has 0 radical (unpaired) electrons. The summed E-state index contributed by atoms with van der Waals surface area (Å²) in [7, 11) is 0. The summed E-state index contributed by atoms with van der Waals surface area (Å²) in [6.07, 6.45) is 22.6. The van der Waals surface area contributed by atoms with Gasteiger partial charge < -0.3 is 10.2 Å². The SMILES string of the molecule is CCCCCCCCCCCCCCCCCCc1ccc(O)c(C(=O)O)c1.[Zn]. The number of benzene rings is 1. The Bertz CT molecular complexity index is 531. The van der Waals surface area contributed by atoms with Crippen LogP contribution in [-0.4, -0.2) is 16.2 Å². The normalized spacial score (nSPS) is 10.7. The summed E-state index contributed by atoms with van der Waals surface area (Å²) in [4.78, 5) is 11.0. The predicted molar refractivity (Wildman–Crippen MR) is 118 cm³/mol. The van der Waals surface area contributed by atoms with Crippen molar-refractivity contribution in [2.45, 2.75) is 116 Å². The predicted octanol–water partition coefficient (Wildman–Crippen LogP) is 7.89. The molecular weight excluding hydrogens is 414 g/mol. The van der Waals surface area contributed by atoms with Crippen molar-refractivity contribution in [1.29, 1.82) is 0 Å². The number of aromatic carboxylic acids is 1. The molecule has 0 heterocycles. The maximum atomic E-state index is 11.0. The number of hydrogen-bond acceptors (Lipinski definition) is 2. The third kappa shape index (κ3) is 14.7. The molecule has 2 N–H and O–H groups in total. The molecule has 0 aliphatic heterocycles. The van der Waals surface area contributed by atoms with Crippen molar-refractivity contribution in [3.8, 4) is 5.75 Å². The van der Waals surface area contributed by atoms with Crippen LogP contribution < -0.4 is 0 Å². The number of unbranched alkanes of at least 4 members (excludes halogenated alkanes) is 15. The first-order chi connectivity index (χ1) is 13.6. The summed E-state index contributed by atoms with van der Waals surface area (Å²) >= 11 is 0. The smallest absolute Gasteiger partial charge is 0.339 e. The number of carboxylic acids is 1. The maximum absolute atomic E-state index is 11.0. The zero-order valence-corrected chi connectivity index (χ0v) is 21.7. The van der Waals surface area contributed by atoms with E-state index in [-0.39, 0.29) is 30.8 Å². The van der Waals surface area contributed by atoms with Gasteiger partial charge in [0.15, 0.2) is 0 Å². The van der Waals surface area contributed by atoms with E-state index in [1.54, 1.807) is 6.07 Å².